The lowest BCUT2D eigenvalue weighted by Crippen LogP contribution is -1.95. The Kier molecular flexibility index (Phi) is 3.21. The number of aryl methyl sites for hydroxylation is 3. The van der Waals surface area contributed by atoms with Gasteiger partial charge in [0, 0.05) is 0 Å². The van der Waals surface area contributed by atoms with Gasteiger partial charge in [-0.3, -0.25) is 0 Å². The molecule has 1 rings (SSSR count). The van der Waals surface area contributed by atoms with Crippen molar-refractivity contribution >= 4 is 12.6 Å². The molecule has 0 saturated heterocycles. The highest BCUT2D eigenvalue weighted by Gasteiger charge is 2.01. The lowest BCUT2D eigenvalue weighted by atomic mass is 9.98. The third kappa shape index (κ3) is 2.04. The third-order valence-corrected chi connectivity index (χ3v) is 2.43. The average Bonchev–Trinajstić information content (AvgIpc) is 1.96. The van der Waals surface area contributed by atoms with Gasteiger partial charge in [0.05, 0.1) is 0 Å². The van der Waals surface area contributed by atoms with Crippen LogP contribution in [0.25, 0.3) is 0 Å². The number of thiol groups is 1. The average molecular weight is 180 g/mol. The molecule has 0 amide bonds. The highest BCUT2D eigenvalue weighted by molar-refractivity contribution is 7.80. The van der Waals surface area contributed by atoms with Crippen LogP contribution in [0.3, 0.4) is 0 Å². The van der Waals surface area contributed by atoms with Gasteiger partial charge in [-0.15, -0.1) is 0 Å². The van der Waals surface area contributed by atoms with E-state index in [9.17, 15) is 0 Å². The highest BCUT2D eigenvalue weighted by atomic mass is 32.1. The first-order valence-corrected chi connectivity index (χ1v) is 4.96. The fourth-order valence-corrected chi connectivity index (χ4v) is 1.94. The summed E-state index contributed by atoms with van der Waals surface area (Å²) in [4.78, 5) is 0. The van der Waals surface area contributed by atoms with Crippen molar-refractivity contribution < 1.29 is 0 Å². The van der Waals surface area contributed by atoms with Crippen molar-refractivity contribution in [3.05, 3.63) is 34.4 Å². The Morgan fingerprint density at radius 1 is 1.08 bits per heavy atom. The first-order valence-electron chi connectivity index (χ1n) is 4.32. The van der Waals surface area contributed by atoms with Crippen LogP contribution < -0.4 is 0 Å². The van der Waals surface area contributed by atoms with Crippen molar-refractivity contribution in [2.75, 3.05) is 5.75 Å². The summed E-state index contributed by atoms with van der Waals surface area (Å²) in [6.45, 7) is 6.50. The maximum Gasteiger partial charge on any atom is -0.00572 e. The summed E-state index contributed by atoms with van der Waals surface area (Å²) in [5.41, 5.74) is 5.63. The second kappa shape index (κ2) is 3.99. The van der Waals surface area contributed by atoms with E-state index >= 15 is 0 Å². The molecule has 0 aliphatic rings. The van der Waals surface area contributed by atoms with Crippen LogP contribution >= 0.6 is 12.6 Å². The van der Waals surface area contributed by atoms with Crippen LogP contribution in [0.2, 0.25) is 0 Å². The topological polar surface area (TPSA) is 0 Å². The van der Waals surface area contributed by atoms with Gasteiger partial charge < -0.3 is 0 Å². The maximum absolute atomic E-state index is 4.25. The Hall–Kier alpha value is -0.430. The van der Waals surface area contributed by atoms with Gasteiger partial charge in [-0.25, -0.2) is 0 Å². The van der Waals surface area contributed by atoms with E-state index in [0.29, 0.717) is 0 Å². The molecule has 0 bridgehead atoms. The van der Waals surface area contributed by atoms with Crippen molar-refractivity contribution in [1.29, 1.82) is 0 Å². The first-order chi connectivity index (χ1) is 5.65. The summed E-state index contributed by atoms with van der Waals surface area (Å²) in [7, 11) is 0. The molecule has 0 radical (unpaired) electrons. The van der Waals surface area contributed by atoms with E-state index in [1.165, 1.54) is 22.3 Å². The van der Waals surface area contributed by atoms with Gasteiger partial charge in [0.15, 0.2) is 0 Å². The predicted octanol–water partition coefficient (Wildman–Crippen LogP) is 3.08. The predicted molar refractivity (Wildman–Crippen MR) is 58.2 cm³/mol. The molecule has 66 valence electrons. The molecule has 0 unspecified atom stereocenters. The highest BCUT2D eigenvalue weighted by Crippen LogP contribution is 2.16. The standard InChI is InChI=1S/C11H16S/c1-8-6-9(2)11(4-5-12)10(3)7-8/h6-7,12H,4-5H2,1-3H3. The van der Waals surface area contributed by atoms with Crippen molar-refractivity contribution in [3.63, 3.8) is 0 Å². The van der Waals surface area contributed by atoms with Crippen LogP contribution in [0.1, 0.15) is 22.3 Å². The number of hydrogen-bond acceptors (Lipinski definition) is 1. The van der Waals surface area contributed by atoms with Crippen LogP contribution in [-0.4, -0.2) is 5.75 Å². The first kappa shape index (κ1) is 9.66. The molecule has 0 aliphatic carbocycles. The fourth-order valence-electron chi connectivity index (χ4n) is 1.72. The van der Waals surface area contributed by atoms with Gasteiger partial charge in [-0.1, -0.05) is 17.7 Å². The molecule has 1 aromatic rings. The van der Waals surface area contributed by atoms with Crippen molar-refractivity contribution in [3.8, 4) is 0 Å². The minimum absolute atomic E-state index is 0.935. The van der Waals surface area contributed by atoms with E-state index in [1.807, 2.05) is 0 Å². The minimum atomic E-state index is 0.935. The quantitative estimate of drug-likeness (QED) is 0.664. The second-order valence-electron chi connectivity index (χ2n) is 3.35. The van der Waals surface area contributed by atoms with Crippen molar-refractivity contribution in [2.45, 2.75) is 27.2 Å². The zero-order chi connectivity index (χ0) is 9.14. The molecular weight excluding hydrogens is 164 g/mol. The summed E-state index contributed by atoms with van der Waals surface area (Å²) in [6, 6.07) is 4.48. The number of rotatable bonds is 2. The number of hydrogen-bond donors (Lipinski definition) is 1. The molecule has 0 saturated carbocycles. The molecule has 0 atom stereocenters. The molecule has 0 fully saturated rings. The van der Waals surface area contributed by atoms with Gasteiger partial charge >= 0.3 is 0 Å². The van der Waals surface area contributed by atoms with Gasteiger partial charge in [0.2, 0.25) is 0 Å². The molecule has 0 nitrogen and oxygen atoms in total. The van der Waals surface area contributed by atoms with Crippen molar-refractivity contribution in [1.82, 2.24) is 0 Å². The second-order valence-corrected chi connectivity index (χ2v) is 3.80. The van der Waals surface area contributed by atoms with E-state index in [0.717, 1.165) is 12.2 Å². The molecule has 12 heavy (non-hydrogen) atoms. The van der Waals surface area contributed by atoms with Gasteiger partial charge in [0.1, 0.15) is 0 Å². The van der Waals surface area contributed by atoms with E-state index in [4.69, 9.17) is 0 Å². The summed E-state index contributed by atoms with van der Waals surface area (Å²) >= 11 is 4.25. The Bertz CT molecular complexity index is 253. The van der Waals surface area contributed by atoms with Crippen LogP contribution in [0.15, 0.2) is 12.1 Å². The summed E-state index contributed by atoms with van der Waals surface area (Å²) < 4.78 is 0. The zero-order valence-corrected chi connectivity index (χ0v) is 8.91. The molecule has 0 spiro atoms. The molecule has 0 N–H and O–H groups in total. The monoisotopic (exact) mass is 180 g/mol. The molecule has 0 heterocycles. The third-order valence-electron chi connectivity index (χ3n) is 2.20. The van der Waals surface area contributed by atoms with Crippen LogP contribution in [0.5, 0.6) is 0 Å². The fraction of sp³-hybridized carbons (Fsp3) is 0.455. The maximum atomic E-state index is 4.25. The van der Waals surface area contributed by atoms with Crippen molar-refractivity contribution in [2.24, 2.45) is 0 Å². The molecular formula is C11H16S. The van der Waals surface area contributed by atoms with E-state index in [1.54, 1.807) is 0 Å². The summed E-state index contributed by atoms with van der Waals surface area (Å²) in [5.74, 6) is 0.935. The van der Waals surface area contributed by atoms with Gasteiger partial charge in [-0.05, 0) is 49.6 Å². The van der Waals surface area contributed by atoms with E-state index in [2.05, 4.69) is 45.5 Å². The van der Waals surface area contributed by atoms with Crippen LogP contribution in [-0.2, 0) is 6.42 Å². The lowest BCUT2D eigenvalue weighted by Gasteiger charge is -2.09. The van der Waals surface area contributed by atoms with E-state index in [-0.39, 0.29) is 0 Å². The Balaban J connectivity index is 3.10. The molecule has 1 heteroatoms. The van der Waals surface area contributed by atoms with E-state index < -0.39 is 0 Å². The number of benzene rings is 1. The molecule has 0 aliphatic heterocycles. The SMILES string of the molecule is Cc1cc(C)c(CCS)c(C)c1. The van der Waals surface area contributed by atoms with Crippen LogP contribution in [0, 0.1) is 20.8 Å². The largest absolute Gasteiger partial charge is 0.179 e. The van der Waals surface area contributed by atoms with Gasteiger partial charge in [0.25, 0.3) is 0 Å². The Morgan fingerprint density at radius 3 is 2.00 bits per heavy atom. The lowest BCUT2D eigenvalue weighted by molar-refractivity contribution is 1.09. The molecule has 1 aromatic carbocycles. The Morgan fingerprint density at radius 2 is 1.58 bits per heavy atom. The van der Waals surface area contributed by atoms with Crippen LogP contribution in [0.4, 0.5) is 0 Å². The zero-order valence-electron chi connectivity index (χ0n) is 8.02. The summed E-state index contributed by atoms with van der Waals surface area (Å²) in [5, 5.41) is 0. The smallest absolute Gasteiger partial charge is 0.00572 e. The minimum Gasteiger partial charge on any atom is -0.179 e. The summed E-state index contributed by atoms with van der Waals surface area (Å²) in [6.07, 6.45) is 1.08. The normalized spacial score (nSPS) is 10.3. The van der Waals surface area contributed by atoms with Gasteiger partial charge in [-0.2, -0.15) is 12.6 Å². The molecule has 0 aromatic heterocycles. The Labute approximate surface area is 80.4 Å².